The number of hydrogen-bond donors (Lipinski definition) is 2. The number of anilines is 2. The molecule has 0 bridgehead atoms. The fourth-order valence-electron chi connectivity index (χ4n) is 5.43. The predicted molar refractivity (Wildman–Crippen MR) is 153 cm³/mol. The van der Waals surface area contributed by atoms with Gasteiger partial charge in [-0.05, 0) is 54.8 Å². The van der Waals surface area contributed by atoms with Crippen molar-refractivity contribution in [3.8, 4) is 17.2 Å². The number of aliphatic imine (C=N–C) groups is 1. The summed E-state index contributed by atoms with van der Waals surface area (Å²) in [5.74, 6) is 1.87. The molecule has 0 saturated heterocycles. The smallest absolute Gasteiger partial charge is 0.256 e. The van der Waals surface area contributed by atoms with Gasteiger partial charge in [0.25, 0.3) is 5.95 Å². The Morgan fingerprint density at radius 3 is 2.90 bits per heavy atom. The van der Waals surface area contributed by atoms with Crippen LogP contribution in [0.3, 0.4) is 0 Å². The van der Waals surface area contributed by atoms with Gasteiger partial charge < -0.3 is 25.3 Å². The van der Waals surface area contributed by atoms with Gasteiger partial charge in [-0.15, -0.1) is 0 Å². The number of halogens is 1. The number of nitrogens with one attached hydrogen (secondary N) is 1. The van der Waals surface area contributed by atoms with Gasteiger partial charge in [-0.3, -0.25) is 0 Å². The van der Waals surface area contributed by atoms with Gasteiger partial charge in [-0.2, -0.15) is 4.39 Å². The molecule has 0 aliphatic carbocycles. The van der Waals surface area contributed by atoms with Gasteiger partial charge in [0.05, 0.1) is 32.2 Å². The number of methoxy groups -OCH3 is 1. The maximum absolute atomic E-state index is 15.6. The molecule has 3 aromatic heterocycles. The van der Waals surface area contributed by atoms with E-state index in [9.17, 15) is 0 Å². The quantitative estimate of drug-likeness (QED) is 0.313. The summed E-state index contributed by atoms with van der Waals surface area (Å²) in [6.07, 6.45) is 6.78. The van der Waals surface area contributed by atoms with Crippen LogP contribution >= 0.6 is 11.8 Å². The third-order valence-electron chi connectivity index (χ3n) is 7.34. The number of aromatic nitrogens is 3. The highest BCUT2D eigenvalue weighted by Gasteiger charge is 2.46. The first kappa shape index (κ1) is 24.8. The molecule has 4 aromatic rings. The lowest BCUT2D eigenvalue weighted by molar-refractivity contribution is 0.164. The Labute approximate surface area is 233 Å². The molecule has 1 aromatic carbocycles. The Morgan fingerprint density at radius 1 is 1.15 bits per heavy atom. The summed E-state index contributed by atoms with van der Waals surface area (Å²) in [5, 5.41) is 4.73. The van der Waals surface area contributed by atoms with E-state index in [1.165, 1.54) is 11.8 Å². The summed E-state index contributed by atoms with van der Waals surface area (Å²) in [6.45, 7) is 1.02. The first-order valence-electron chi connectivity index (χ1n) is 12.9. The van der Waals surface area contributed by atoms with Gasteiger partial charge in [-0.25, -0.2) is 19.9 Å². The summed E-state index contributed by atoms with van der Waals surface area (Å²) in [7, 11) is 1.61. The molecular weight excluding hydrogens is 531 g/mol. The van der Waals surface area contributed by atoms with E-state index in [0.717, 1.165) is 28.6 Å². The zero-order valence-corrected chi connectivity index (χ0v) is 22.4. The number of pyridine rings is 3. The topological polar surface area (TPSA) is 117 Å². The SMILES string of the molecule is COc1cnc2c(Nc3ccc4c(c3)[C@@]3(CCSC(N)=N3)c3cc(C5=CCCOC5)nc(F)c3O4)nccc2c1. The number of hydrogen-bond acceptors (Lipinski definition) is 10. The van der Waals surface area contributed by atoms with Crippen LogP contribution in [0.1, 0.15) is 29.7 Å². The molecule has 11 heteroatoms. The Bertz CT molecular complexity index is 1730. The minimum Gasteiger partial charge on any atom is -0.495 e. The monoisotopic (exact) mass is 556 g/mol. The van der Waals surface area contributed by atoms with Crippen molar-refractivity contribution < 1.29 is 18.6 Å². The van der Waals surface area contributed by atoms with E-state index in [-0.39, 0.29) is 5.75 Å². The Balaban J connectivity index is 1.35. The van der Waals surface area contributed by atoms with E-state index in [2.05, 4.69) is 20.3 Å². The number of thioether (sulfide) groups is 1. The van der Waals surface area contributed by atoms with Crippen molar-refractivity contribution in [3.05, 3.63) is 77.6 Å². The molecule has 3 aliphatic rings. The third kappa shape index (κ3) is 4.13. The molecule has 202 valence electrons. The summed E-state index contributed by atoms with van der Waals surface area (Å²) in [5.41, 5.74) is 9.58. The second-order valence-electron chi connectivity index (χ2n) is 9.70. The van der Waals surface area contributed by atoms with Gasteiger partial charge >= 0.3 is 0 Å². The van der Waals surface area contributed by atoms with Crippen LogP contribution in [-0.2, 0) is 10.3 Å². The van der Waals surface area contributed by atoms with Gasteiger partial charge in [0.1, 0.15) is 22.6 Å². The van der Waals surface area contributed by atoms with Gasteiger partial charge in [0.2, 0.25) is 0 Å². The molecule has 9 nitrogen and oxygen atoms in total. The predicted octanol–water partition coefficient (Wildman–Crippen LogP) is 5.52. The zero-order valence-electron chi connectivity index (χ0n) is 21.6. The summed E-state index contributed by atoms with van der Waals surface area (Å²) < 4.78 is 32.6. The standard InChI is InChI=1S/C29H25FN6O3S/c1-37-19-11-16-6-8-32-27(24(16)33-14-19)34-18-4-5-23-20(12-18)29(7-10-40-28(31)36-29)21-13-22(17-3-2-9-38-15-17)35-26(30)25(21)39-23/h3-6,8,11-14H,2,7,9-10,15H2,1H3,(H2,31,36)(H,32,34)/t29-/m0/s1. The first-order valence-corrected chi connectivity index (χ1v) is 13.9. The number of amidine groups is 1. The molecule has 0 radical (unpaired) electrons. The lowest BCUT2D eigenvalue weighted by Gasteiger charge is -2.39. The van der Waals surface area contributed by atoms with Crippen molar-refractivity contribution >= 4 is 44.9 Å². The van der Waals surface area contributed by atoms with Gasteiger partial charge in [0, 0.05) is 34.2 Å². The highest BCUT2D eigenvalue weighted by molar-refractivity contribution is 8.13. The van der Waals surface area contributed by atoms with Crippen LogP contribution in [0.2, 0.25) is 0 Å². The second kappa shape index (κ2) is 9.76. The van der Waals surface area contributed by atoms with E-state index >= 15 is 4.39 Å². The average Bonchev–Trinajstić information content (AvgIpc) is 2.98. The van der Waals surface area contributed by atoms with Crippen LogP contribution in [0.5, 0.6) is 17.2 Å². The molecule has 0 amide bonds. The molecule has 1 atom stereocenters. The number of nitrogens with two attached hydrogens (primary N) is 1. The van der Waals surface area contributed by atoms with E-state index in [1.807, 2.05) is 42.5 Å². The van der Waals surface area contributed by atoms with Crippen molar-refractivity contribution in [3.63, 3.8) is 0 Å². The summed E-state index contributed by atoms with van der Waals surface area (Å²) in [6, 6.07) is 11.3. The number of benzene rings is 1. The fourth-order valence-corrected chi connectivity index (χ4v) is 6.26. The summed E-state index contributed by atoms with van der Waals surface area (Å²) in [4.78, 5) is 18.3. The van der Waals surface area contributed by atoms with Crippen LogP contribution in [0.25, 0.3) is 16.5 Å². The highest BCUT2D eigenvalue weighted by atomic mass is 32.2. The lowest BCUT2D eigenvalue weighted by atomic mass is 9.78. The maximum Gasteiger partial charge on any atom is 0.256 e. The number of nitrogens with zero attached hydrogens (tertiary/aromatic N) is 4. The lowest BCUT2D eigenvalue weighted by Crippen LogP contribution is -2.36. The molecule has 3 N–H and O–H groups in total. The summed E-state index contributed by atoms with van der Waals surface area (Å²) >= 11 is 1.48. The van der Waals surface area contributed by atoms with Crippen molar-refractivity contribution in [1.29, 1.82) is 0 Å². The van der Waals surface area contributed by atoms with E-state index in [4.69, 9.17) is 24.9 Å². The minimum absolute atomic E-state index is 0.0756. The molecule has 0 unspecified atom stereocenters. The largest absolute Gasteiger partial charge is 0.495 e. The molecule has 0 saturated carbocycles. The Kier molecular flexibility index (Phi) is 6.05. The van der Waals surface area contributed by atoms with Crippen LogP contribution < -0.4 is 20.5 Å². The van der Waals surface area contributed by atoms with Crippen molar-refractivity contribution in [2.24, 2.45) is 10.7 Å². The molecule has 6 heterocycles. The van der Waals surface area contributed by atoms with E-state index in [1.54, 1.807) is 19.5 Å². The van der Waals surface area contributed by atoms with Crippen molar-refractivity contribution in [1.82, 2.24) is 15.0 Å². The van der Waals surface area contributed by atoms with Crippen LogP contribution in [0.4, 0.5) is 15.9 Å². The van der Waals surface area contributed by atoms with Crippen LogP contribution in [-0.4, -0.2) is 46.2 Å². The molecule has 0 fully saturated rings. The van der Waals surface area contributed by atoms with Gasteiger partial charge in [0.15, 0.2) is 16.7 Å². The number of ether oxygens (including phenoxy) is 3. The highest BCUT2D eigenvalue weighted by Crippen LogP contribution is 2.54. The molecule has 3 aliphatic heterocycles. The molecule has 7 rings (SSSR count). The Hall–Kier alpha value is -4.22. The van der Waals surface area contributed by atoms with Crippen LogP contribution in [0, 0.1) is 5.95 Å². The minimum atomic E-state index is -0.942. The maximum atomic E-state index is 15.6. The average molecular weight is 557 g/mol. The van der Waals surface area contributed by atoms with Crippen LogP contribution in [0.15, 0.2) is 59.9 Å². The molecule has 40 heavy (non-hydrogen) atoms. The number of fused-ring (bicyclic) bond motifs is 5. The second-order valence-corrected chi connectivity index (χ2v) is 10.8. The fraction of sp³-hybridized carbons (Fsp3) is 0.241. The third-order valence-corrected chi connectivity index (χ3v) is 8.14. The zero-order chi connectivity index (χ0) is 27.3. The van der Waals surface area contributed by atoms with E-state index in [0.29, 0.717) is 64.6 Å². The van der Waals surface area contributed by atoms with Crippen molar-refractivity contribution in [2.75, 3.05) is 31.4 Å². The van der Waals surface area contributed by atoms with Crippen molar-refractivity contribution in [2.45, 2.75) is 18.4 Å². The normalized spacial score (nSPS) is 19.8. The molecule has 1 spiro atoms. The molecular formula is C29H25FN6O3S. The first-order chi connectivity index (χ1) is 19.5. The van der Waals surface area contributed by atoms with E-state index < -0.39 is 11.5 Å². The van der Waals surface area contributed by atoms with Gasteiger partial charge in [-0.1, -0.05) is 17.8 Å². The Morgan fingerprint density at radius 2 is 2.08 bits per heavy atom. The number of rotatable bonds is 4.